The summed E-state index contributed by atoms with van der Waals surface area (Å²) >= 11 is 0. The third-order valence-electron chi connectivity index (χ3n) is 2.75. The number of aromatic nitrogens is 1. The molecule has 88 valence electrons. The number of rotatable bonds is 4. The van der Waals surface area contributed by atoms with Crippen LogP contribution in [0.5, 0.6) is 0 Å². The van der Waals surface area contributed by atoms with Gasteiger partial charge >= 0.3 is 0 Å². The van der Waals surface area contributed by atoms with E-state index in [1.807, 2.05) is 25.2 Å². The molecule has 0 aliphatic carbocycles. The van der Waals surface area contributed by atoms with Crippen molar-refractivity contribution < 1.29 is 4.39 Å². The molecule has 2 nitrogen and oxygen atoms in total. The van der Waals surface area contributed by atoms with E-state index in [1.165, 1.54) is 17.8 Å². The normalized spacial score (nSPS) is 12.4. The van der Waals surface area contributed by atoms with Crippen molar-refractivity contribution in [3.63, 3.8) is 0 Å². The maximum atomic E-state index is 12.8. The third-order valence-corrected chi connectivity index (χ3v) is 2.75. The van der Waals surface area contributed by atoms with Gasteiger partial charge in [0.2, 0.25) is 0 Å². The van der Waals surface area contributed by atoms with E-state index in [0.717, 1.165) is 12.1 Å². The van der Waals surface area contributed by atoms with Gasteiger partial charge in [0.05, 0.1) is 6.20 Å². The molecule has 0 fully saturated rings. The second-order valence-electron chi connectivity index (χ2n) is 3.92. The van der Waals surface area contributed by atoms with Gasteiger partial charge in [-0.15, -0.1) is 0 Å². The molecule has 0 spiro atoms. The minimum absolute atomic E-state index is 0.203. The molecular weight excluding hydrogens is 215 g/mol. The Labute approximate surface area is 101 Å². The van der Waals surface area contributed by atoms with Crippen molar-refractivity contribution in [3.05, 3.63) is 65.7 Å². The van der Waals surface area contributed by atoms with Crippen LogP contribution in [0.15, 0.2) is 48.7 Å². The number of likely N-dealkylation sites (N-methyl/N-ethyl adjacent to an activating group) is 1. The van der Waals surface area contributed by atoms with Gasteiger partial charge in [-0.2, -0.15) is 0 Å². The lowest BCUT2D eigenvalue weighted by Crippen LogP contribution is -2.19. The predicted molar refractivity (Wildman–Crippen MR) is 66.1 cm³/mol. The van der Waals surface area contributed by atoms with Crippen LogP contribution in [0.25, 0.3) is 0 Å². The molecule has 1 aromatic carbocycles. The summed E-state index contributed by atoms with van der Waals surface area (Å²) in [6.45, 7) is 0. The average molecular weight is 230 g/mol. The smallest absolute Gasteiger partial charge is 0.141 e. The molecule has 0 aliphatic rings. The van der Waals surface area contributed by atoms with E-state index < -0.39 is 0 Å². The summed E-state index contributed by atoms with van der Waals surface area (Å²) in [6, 6.07) is 13.5. The van der Waals surface area contributed by atoms with E-state index in [0.29, 0.717) is 0 Å². The van der Waals surface area contributed by atoms with Crippen LogP contribution in [0.3, 0.4) is 0 Å². The van der Waals surface area contributed by atoms with E-state index in [2.05, 4.69) is 22.4 Å². The van der Waals surface area contributed by atoms with Crippen molar-refractivity contribution in [1.82, 2.24) is 10.3 Å². The highest BCUT2D eigenvalue weighted by molar-refractivity contribution is 5.21. The van der Waals surface area contributed by atoms with Crippen molar-refractivity contribution in [2.45, 2.75) is 12.5 Å². The van der Waals surface area contributed by atoms with E-state index in [9.17, 15) is 4.39 Å². The van der Waals surface area contributed by atoms with Crippen molar-refractivity contribution in [1.29, 1.82) is 0 Å². The lowest BCUT2D eigenvalue weighted by molar-refractivity contribution is 0.577. The molecule has 2 rings (SSSR count). The van der Waals surface area contributed by atoms with Gasteiger partial charge in [-0.3, -0.25) is 4.98 Å². The molecule has 1 N–H and O–H groups in total. The fraction of sp³-hybridized carbons (Fsp3) is 0.214. The van der Waals surface area contributed by atoms with E-state index in [-0.39, 0.29) is 11.9 Å². The van der Waals surface area contributed by atoms with Gasteiger partial charge in [-0.05, 0) is 24.7 Å². The van der Waals surface area contributed by atoms with Gasteiger partial charge in [0.25, 0.3) is 0 Å². The fourth-order valence-corrected chi connectivity index (χ4v) is 1.81. The number of nitrogens with zero attached hydrogens (tertiary/aromatic N) is 1. The van der Waals surface area contributed by atoms with Crippen molar-refractivity contribution in [2.24, 2.45) is 0 Å². The summed E-state index contributed by atoms with van der Waals surface area (Å²) in [5, 5.41) is 3.25. The van der Waals surface area contributed by atoms with Gasteiger partial charge < -0.3 is 5.32 Å². The summed E-state index contributed by atoms with van der Waals surface area (Å²) in [5.74, 6) is -0.297. The maximum absolute atomic E-state index is 12.8. The topological polar surface area (TPSA) is 24.9 Å². The average Bonchev–Trinajstić information content (AvgIpc) is 2.39. The van der Waals surface area contributed by atoms with Crippen molar-refractivity contribution in [2.75, 3.05) is 7.05 Å². The first-order valence-electron chi connectivity index (χ1n) is 5.62. The number of benzene rings is 1. The zero-order valence-electron chi connectivity index (χ0n) is 9.73. The Hall–Kier alpha value is -1.74. The molecule has 0 saturated carbocycles. The minimum atomic E-state index is -0.297. The molecule has 1 aromatic heterocycles. The summed E-state index contributed by atoms with van der Waals surface area (Å²) in [5.41, 5.74) is 2.09. The highest BCUT2D eigenvalue weighted by Crippen LogP contribution is 2.16. The number of hydrogen-bond acceptors (Lipinski definition) is 2. The van der Waals surface area contributed by atoms with E-state index in [1.54, 1.807) is 6.07 Å². The van der Waals surface area contributed by atoms with Gasteiger partial charge in [-0.1, -0.05) is 30.3 Å². The molecule has 0 bridgehead atoms. The number of hydrogen-bond donors (Lipinski definition) is 1. The van der Waals surface area contributed by atoms with Gasteiger partial charge in [-0.25, -0.2) is 4.39 Å². The molecule has 3 heteroatoms. The van der Waals surface area contributed by atoms with Crippen LogP contribution in [-0.4, -0.2) is 12.0 Å². The maximum Gasteiger partial charge on any atom is 0.141 e. The lowest BCUT2D eigenvalue weighted by atomic mass is 10.0. The van der Waals surface area contributed by atoms with Crippen molar-refractivity contribution >= 4 is 0 Å². The van der Waals surface area contributed by atoms with E-state index >= 15 is 0 Å². The largest absolute Gasteiger partial charge is 0.313 e. The van der Waals surface area contributed by atoms with Crippen LogP contribution in [0, 0.1) is 5.82 Å². The Morgan fingerprint density at radius 2 is 1.94 bits per heavy atom. The number of halogens is 1. The summed E-state index contributed by atoms with van der Waals surface area (Å²) in [6.07, 6.45) is 2.01. The van der Waals surface area contributed by atoms with Crippen LogP contribution < -0.4 is 5.32 Å². The Morgan fingerprint density at radius 3 is 2.53 bits per heavy atom. The standard InChI is InChI=1S/C14H15FN2/c1-16-14(11-5-3-2-4-6-11)9-13-8-7-12(15)10-17-13/h2-8,10,14,16H,9H2,1H3. The summed E-state index contributed by atoms with van der Waals surface area (Å²) < 4.78 is 12.8. The first kappa shape index (κ1) is 11.7. The Bertz CT molecular complexity index is 453. The van der Waals surface area contributed by atoms with Gasteiger partial charge in [0.15, 0.2) is 0 Å². The van der Waals surface area contributed by atoms with Gasteiger partial charge in [0, 0.05) is 18.2 Å². The zero-order valence-corrected chi connectivity index (χ0v) is 9.73. The van der Waals surface area contributed by atoms with Crippen LogP contribution in [-0.2, 0) is 6.42 Å². The van der Waals surface area contributed by atoms with Crippen LogP contribution >= 0.6 is 0 Å². The predicted octanol–water partition coefficient (Wildman–Crippen LogP) is 2.72. The SMILES string of the molecule is CNC(Cc1ccc(F)cn1)c1ccccc1. The lowest BCUT2D eigenvalue weighted by Gasteiger charge is -2.16. The molecule has 0 radical (unpaired) electrons. The van der Waals surface area contributed by atoms with Crippen molar-refractivity contribution in [3.8, 4) is 0 Å². The molecule has 1 atom stereocenters. The minimum Gasteiger partial charge on any atom is -0.313 e. The third kappa shape index (κ3) is 3.11. The summed E-state index contributed by atoms with van der Waals surface area (Å²) in [4.78, 5) is 4.08. The Morgan fingerprint density at radius 1 is 1.18 bits per heavy atom. The highest BCUT2D eigenvalue weighted by atomic mass is 19.1. The summed E-state index contributed by atoms with van der Waals surface area (Å²) in [7, 11) is 1.92. The van der Waals surface area contributed by atoms with Gasteiger partial charge in [0.1, 0.15) is 5.82 Å². The molecule has 0 saturated heterocycles. The molecule has 0 amide bonds. The first-order chi connectivity index (χ1) is 8.29. The Kier molecular flexibility index (Phi) is 3.83. The van der Waals surface area contributed by atoms with Crippen LogP contribution in [0.2, 0.25) is 0 Å². The highest BCUT2D eigenvalue weighted by Gasteiger charge is 2.10. The monoisotopic (exact) mass is 230 g/mol. The second kappa shape index (κ2) is 5.55. The Balaban J connectivity index is 2.13. The zero-order chi connectivity index (χ0) is 12.1. The quantitative estimate of drug-likeness (QED) is 0.873. The fourth-order valence-electron chi connectivity index (χ4n) is 1.81. The number of nitrogens with one attached hydrogen (secondary N) is 1. The molecule has 17 heavy (non-hydrogen) atoms. The number of pyridine rings is 1. The second-order valence-corrected chi connectivity index (χ2v) is 3.92. The molecule has 2 aromatic rings. The van der Waals surface area contributed by atoms with E-state index in [4.69, 9.17) is 0 Å². The van der Waals surface area contributed by atoms with Crippen LogP contribution in [0.4, 0.5) is 4.39 Å². The van der Waals surface area contributed by atoms with Crippen LogP contribution in [0.1, 0.15) is 17.3 Å². The first-order valence-corrected chi connectivity index (χ1v) is 5.62. The molecule has 1 unspecified atom stereocenters. The molecule has 1 heterocycles. The molecule has 0 aliphatic heterocycles. The molecular formula is C14H15FN2.